The Balaban J connectivity index is 1.25. The predicted octanol–water partition coefficient (Wildman–Crippen LogP) is 5.75. The van der Waals surface area contributed by atoms with Crippen LogP contribution in [0.15, 0.2) is 46.9 Å². The molecule has 0 radical (unpaired) electrons. The molecule has 6 nitrogen and oxygen atoms in total. The Bertz CT molecular complexity index is 958. The minimum atomic E-state index is -0.281. The fourth-order valence-corrected chi connectivity index (χ4v) is 4.98. The maximum Gasteiger partial charge on any atom is 0.414 e. The second-order valence-corrected chi connectivity index (χ2v) is 10.0. The topological polar surface area (TPSA) is 51.2 Å². The second-order valence-electron chi connectivity index (χ2n) is 8.72. The zero-order chi connectivity index (χ0) is 23.4. The fraction of sp³-hybridized carbons (Fsp3) is 0.480. The number of cyclic esters (lactones) is 1. The normalized spacial score (nSPS) is 21.9. The Morgan fingerprint density at radius 3 is 2.76 bits per heavy atom. The average molecular weight is 538 g/mol. The molecule has 1 amide bonds. The standard InChI is InChI=1S/C25H30BrClN2O4/c1-17(31-2)32-22-7-8-24(26)19(14-22)13-18-9-11-28(15-18)12-10-23-16-29(25(30)33-23)21-5-3-20(27)4-6-21/h3-8,14,17-18,23H,9-13,15-16H2,1-2H3. The van der Waals surface area contributed by atoms with Crippen LogP contribution in [0.5, 0.6) is 5.75 Å². The van der Waals surface area contributed by atoms with Crippen molar-refractivity contribution in [3.63, 3.8) is 0 Å². The number of hydrogen-bond donors (Lipinski definition) is 0. The van der Waals surface area contributed by atoms with Gasteiger partial charge in [0.05, 0.1) is 6.54 Å². The van der Waals surface area contributed by atoms with Crippen molar-refractivity contribution in [2.45, 2.75) is 38.6 Å². The number of rotatable bonds is 9. The van der Waals surface area contributed by atoms with Crippen LogP contribution in [0.25, 0.3) is 0 Å². The number of anilines is 1. The highest BCUT2D eigenvalue weighted by Crippen LogP contribution is 2.30. The number of nitrogens with zero attached hydrogens (tertiary/aromatic N) is 2. The van der Waals surface area contributed by atoms with E-state index >= 15 is 0 Å². The lowest BCUT2D eigenvalue weighted by Crippen LogP contribution is -2.28. The van der Waals surface area contributed by atoms with E-state index in [0.29, 0.717) is 17.5 Å². The van der Waals surface area contributed by atoms with Gasteiger partial charge in [0.1, 0.15) is 11.9 Å². The van der Waals surface area contributed by atoms with Crippen molar-refractivity contribution in [2.24, 2.45) is 5.92 Å². The van der Waals surface area contributed by atoms with Crippen LogP contribution in [0, 0.1) is 5.92 Å². The number of hydrogen-bond acceptors (Lipinski definition) is 5. The number of methoxy groups -OCH3 is 1. The van der Waals surface area contributed by atoms with Crippen molar-refractivity contribution >= 4 is 39.3 Å². The number of carbonyl (C=O) groups excluding carboxylic acids is 1. The molecule has 0 saturated carbocycles. The molecule has 2 aliphatic rings. The lowest BCUT2D eigenvalue weighted by molar-refractivity contribution is -0.0383. The lowest BCUT2D eigenvalue weighted by atomic mass is 9.98. The summed E-state index contributed by atoms with van der Waals surface area (Å²) in [4.78, 5) is 16.5. The highest BCUT2D eigenvalue weighted by atomic mass is 79.9. The van der Waals surface area contributed by atoms with Crippen LogP contribution in [-0.4, -0.2) is 56.7 Å². The van der Waals surface area contributed by atoms with Crippen LogP contribution in [0.4, 0.5) is 10.5 Å². The molecule has 2 aromatic rings. The zero-order valence-electron chi connectivity index (χ0n) is 19.0. The molecule has 0 spiro atoms. The van der Waals surface area contributed by atoms with Gasteiger partial charge >= 0.3 is 6.09 Å². The average Bonchev–Trinajstić information content (AvgIpc) is 3.41. The van der Waals surface area contributed by atoms with E-state index in [9.17, 15) is 4.79 Å². The molecule has 2 aromatic carbocycles. The fourth-order valence-electron chi connectivity index (χ4n) is 4.44. The summed E-state index contributed by atoms with van der Waals surface area (Å²) in [7, 11) is 1.64. The first-order chi connectivity index (χ1) is 15.9. The van der Waals surface area contributed by atoms with Crippen molar-refractivity contribution < 1.29 is 19.0 Å². The summed E-state index contributed by atoms with van der Waals surface area (Å²) in [5.41, 5.74) is 2.08. The van der Waals surface area contributed by atoms with Gasteiger partial charge in [-0.2, -0.15) is 0 Å². The highest BCUT2D eigenvalue weighted by molar-refractivity contribution is 9.10. The molecule has 3 atom stereocenters. The lowest BCUT2D eigenvalue weighted by Gasteiger charge is -2.19. The Hall–Kier alpha value is -1.80. The molecular formula is C25H30BrClN2O4. The highest BCUT2D eigenvalue weighted by Gasteiger charge is 2.33. The molecule has 178 valence electrons. The number of benzene rings is 2. The molecule has 0 N–H and O–H groups in total. The molecule has 2 fully saturated rings. The van der Waals surface area contributed by atoms with Crippen molar-refractivity contribution in [3.8, 4) is 5.75 Å². The smallest absolute Gasteiger partial charge is 0.414 e. The number of amides is 1. The molecule has 2 aliphatic heterocycles. The number of halogens is 2. The van der Waals surface area contributed by atoms with Crippen molar-refractivity contribution in [1.29, 1.82) is 0 Å². The van der Waals surface area contributed by atoms with E-state index in [1.165, 1.54) is 5.56 Å². The van der Waals surface area contributed by atoms with Crippen molar-refractivity contribution in [2.75, 3.05) is 38.2 Å². The van der Waals surface area contributed by atoms with Gasteiger partial charge in [-0.05, 0) is 86.7 Å². The van der Waals surface area contributed by atoms with Crippen molar-refractivity contribution in [3.05, 3.63) is 57.5 Å². The van der Waals surface area contributed by atoms with E-state index in [2.05, 4.69) is 26.9 Å². The number of likely N-dealkylation sites (tertiary alicyclic amines) is 1. The molecule has 0 bridgehead atoms. The van der Waals surface area contributed by atoms with E-state index in [4.69, 9.17) is 25.8 Å². The summed E-state index contributed by atoms with van der Waals surface area (Å²) in [6.07, 6.45) is 2.35. The number of carbonyl (C=O) groups is 1. The third-order valence-corrected chi connectivity index (χ3v) is 7.33. The third-order valence-electron chi connectivity index (χ3n) is 6.31. The largest absolute Gasteiger partial charge is 0.465 e. The van der Waals surface area contributed by atoms with Crippen LogP contribution >= 0.6 is 27.5 Å². The molecule has 0 aliphatic carbocycles. The van der Waals surface area contributed by atoms with Crippen LogP contribution in [0.2, 0.25) is 5.02 Å². The molecule has 3 unspecified atom stereocenters. The molecule has 8 heteroatoms. The van der Waals surface area contributed by atoms with Gasteiger partial charge < -0.3 is 19.1 Å². The van der Waals surface area contributed by atoms with Gasteiger partial charge in [-0.3, -0.25) is 4.90 Å². The quantitative estimate of drug-likeness (QED) is 0.381. The minimum absolute atomic E-state index is 0.0852. The zero-order valence-corrected chi connectivity index (χ0v) is 21.3. The van der Waals surface area contributed by atoms with Gasteiger partial charge in [0.25, 0.3) is 0 Å². The van der Waals surface area contributed by atoms with E-state index in [1.807, 2.05) is 31.2 Å². The van der Waals surface area contributed by atoms with Crippen LogP contribution in [0.3, 0.4) is 0 Å². The van der Waals surface area contributed by atoms with E-state index in [1.54, 1.807) is 24.1 Å². The Morgan fingerprint density at radius 2 is 2.00 bits per heavy atom. The minimum Gasteiger partial charge on any atom is -0.465 e. The van der Waals surface area contributed by atoms with Crippen molar-refractivity contribution in [1.82, 2.24) is 4.90 Å². The first kappa shape index (κ1) is 24.3. The maximum absolute atomic E-state index is 12.3. The Kier molecular flexibility index (Phi) is 8.17. The van der Waals surface area contributed by atoms with E-state index < -0.39 is 0 Å². The van der Waals surface area contributed by atoms with E-state index in [-0.39, 0.29) is 18.5 Å². The predicted molar refractivity (Wildman–Crippen MR) is 133 cm³/mol. The van der Waals surface area contributed by atoms with Gasteiger partial charge in [-0.15, -0.1) is 0 Å². The van der Waals surface area contributed by atoms with Crippen LogP contribution < -0.4 is 9.64 Å². The summed E-state index contributed by atoms with van der Waals surface area (Å²) in [6.45, 7) is 5.51. The summed E-state index contributed by atoms with van der Waals surface area (Å²) in [5.74, 6) is 1.42. The summed E-state index contributed by atoms with van der Waals surface area (Å²) >= 11 is 9.64. The second kappa shape index (κ2) is 11.1. The van der Waals surface area contributed by atoms with Crippen LogP contribution in [-0.2, 0) is 15.9 Å². The first-order valence-electron chi connectivity index (χ1n) is 11.3. The van der Waals surface area contributed by atoms with Gasteiger partial charge in [0, 0.05) is 35.4 Å². The molecule has 2 heterocycles. The Morgan fingerprint density at radius 1 is 1.21 bits per heavy atom. The first-order valence-corrected chi connectivity index (χ1v) is 12.5. The van der Waals surface area contributed by atoms with Gasteiger partial charge in [-0.1, -0.05) is 27.5 Å². The maximum atomic E-state index is 12.3. The Labute approximate surface area is 208 Å². The summed E-state index contributed by atoms with van der Waals surface area (Å²) in [6, 6.07) is 13.4. The molecule has 4 rings (SSSR count). The van der Waals surface area contributed by atoms with Crippen LogP contribution in [0.1, 0.15) is 25.3 Å². The SMILES string of the molecule is COC(C)Oc1ccc(Br)c(CC2CCN(CCC3CN(c4ccc(Cl)cc4)C(=O)O3)C2)c1. The van der Waals surface area contributed by atoms with E-state index in [0.717, 1.165) is 54.8 Å². The summed E-state index contributed by atoms with van der Waals surface area (Å²) < 4.78 is 17.7. The molecule has 0 aromatic heterocycles. The number of ether oxygens (including phenoxy) is 3. The molecule has 33 heavy (non-hydrogen) atoms. The van der Waals surface area contributed by atoms with Gasteiger partial charge in [0.2, 0.25) is 0 Å². The molecular weight excluding hydrogens is 508 g/mol. The van der Waals surface area contributed by atoms with Gasteiger partial charge in [0.15, 0.2) is 6.29 Å². The molecule has 2 saturated heterocycles. The third kappa shape index (κ3) is 6.41. The van der Waals surface area contributed by atoms with Gasteiger partial charge in [-0.25, -0.2) is 4.79 Å². The monoisotopic (exact) mass is 536 g/mol. The summed E-state index contributed by atoms with van der Waals surface area (Å²) in [5, 5.41) is 0.655.